The highest BCUT2D eigenvalue weighted by molar-refractivity contribution is 4.97. The van der Waals surface area contributed by atoms with Gasteiger partial charge in [-0.3, -0.25) is 0 Å². The maximum atomic E-state index is 11.1. The van der Waals surface area contributed by atoms with Crippen LogP contribution in [-0.4, -0.2) is 221 Å². The summed E-state index contributed by atoms with van der Waals surface area (Å²) in [5.41, 5.74) is 0. The number of ether oxygens (including phenoxy) is 7. The Kier molecular flexibility index (Phi) is 12.8. The first-order chi connectivity index (χ1) is 21.2. The summed E-state index contributed by atoms with van der Waals surface area (Å²) >= 11 is 0. The third-order valence-corrected chi connectivity index (χ3v) is 8.19. The van der Waals surface area contributed by atoms with Gasteiger partial charge in [-0.1, -0.05) is 0 Å². The Bertz CT molecular complexity index is 914. The van der Waals surface area contributed by atoms with Gasteiger partial charge in [-0.15, -0.1) is 0 Å². The van der Waals surface area contributed by atoms with Gasteiger partial charge in [0.25, 0.3) is 0 Å². The molecule has 0 saturated carbocycles. The van der Waals surface area contributed by atoms with E-state index in [2.05, 4.69) is 0 Å². The van der Waals surface area contributed by atoms with E-state index in [0.717, 1.165) is 0 Å². The molecule has 0 spiro atoms. The van der Waals surface area contributed by atoms with Crippen LogP contribution in [-0.2, 0) is 33.2 Å². The Hall–Kier alpha value is -0.840. The molecular formula is C24H42O21. The van der Waals surface area contributed by atoms with Crippen molar-refractivity contribution in [2.75, 3.05) is 26.4 Å². The summed E-state index contributed by atoms with van der Waals surface area (Å²) < 4.78 is 37.6. The second-order valence-electron chi connectivity index (χ2n) is 11.2. The maximum Gasteiger partial charge on any atom is 0.187 e. The standard InChI is InChI=1S/C24H42O21/c25-1-5-9(28)13(32)15(34)22(41-5)39-4-8-12(31)20(45-23-16(35)14(33)10(29)6(2-26)42-23)18(37)24(43-8)44-19-11(30)7(3-27)40-21(38)17(19)36/h5-38H,1-4H2/t5-,6-,7-,8-,9-,10-,11-,12-,13+,14+,15-,16-,17-,18-,19+,20+,21?,22+,23-,24-/m1/s1. The van der Waals surface area contributed by atoms with Crippen LogP contribution in [0.4, 0.5) is 0 Å². The fraction of sp³-hybridized carbons (Fsp3) is 1.00. The smallest absolute Gasteiger partial charge is 0.187 e. The molecule has 264 valence electrons. The number of rotatable bonds is 10. The molecule has 4 aliphatic rings. The van der Waals surface area contributed by atoms with Gasteiger partial charge in [-0.25, -0.2) is 0 Å². The molecule has 0 aromatic rings. The zero-order valence-corrected chi connectivity index (χ0v) is 23.5. The topological polar surface area (TPSA) is 348 Å². The SMILES string of the molecule is OC[C@H]1O[C@H](OC[C@H]2O[C@H](O[C@H]3[C@H](O)[C@@H](CO)OC(O)[C@@H]3O)[C@H](O)[C@@H](O[C@H]3O[C@H](CO)[C@@H](O)[C@H](O)[C@H]3O)[C@@H]2O)[C@H](O)[C@@H](O)[C@@H]1O. The van der Waals surface area contributed by atoms with E-state index < -0.39 is 149 Å². The number of aliphatic hydroxyl groups is 14. The van der Waals surface area contributed by atoms with Crippen LogP contribution < -0.4 is 0 Å². The Morgan fingerprint density at radius 2 is 0.778 bits per heavy atom. The van der Waals surface area contributed by atoms with Crippen LogP contribution in [0.3, 0.4) is 0 Å². The molecule has 0 aliphatic carbocycles. The Balaban J connectivity index is 1.56. The Labute approximate surface area is 254 Å². The van der Waals surface area contributed by atoms with E-state index in [1.807, 2.05) is 0 Å². The monoisotopic (exact) mass is 666 g/mol. The Morgan fingerprint density at radius 3 is 1.31 bits per heavy atom. The summed E-state index contributed by atoms with van der Waals surface area (Å²) in [4.78, 5) is 0. The van der Waals surface area contributed by atoms with Gasteiger partial charge in [0, 0.05) is 0 Å². The van der Waals surface area contributed by atoms with Gasteiger partial charge in [0.1, 0.15) is 97.7 Å². The molecule has 4 saturated heterocycles. The predicted octanol–water partition coefficient (Wildman–Crippen LogP) is -9.75. The predicted molar refractivity (Wildman–Crippen MR) is 134 cm³/mol. The van der Waals surface area contributed by atoms with E-state index in [1.54, 1.807) is 0 Å². The Morgan fingerprint density at radius 1 is 0.378 bits per heavy atom. The van der Waals surface area contributed by atoms with Crippen LogP contribution >= 0.6 is 0 Å². The van der Waals surface area contributed by atoms with E-state index >= 15 is 0 Å². The lowest BCUT2D eigenvalue weighted by Gasteiger charge is -2.48. The largest absolute Gasteiger partial charge is 0.394 e. The first-order valence-electron chi connectivity index (χ1n) is 14.1. The second kappa shape index (κ2) is 15.6. The molecule has 21 nitrogen and oxygen atoms in total. The minimum Gasteiger partial charge on any atom is -0.394 e. The minimum absolute atomic E-state index is 0.758. The zero-order chi connectivity index (χ0) is 33.3. The van der Waals surface area contributed by atoms with Gasteiger partial charge < -0.3 is 105 Å². The molecule has 0 aromatic heterocycles. The van der Waals surface area contributed by atoms with Crippen molar-refractivity contribution in [1.82, 2.24) is 0 Å². The molecule has 0 radical (unpaired) electrons. The van der Waals surface area contributed by atoms with E-state index in [-0.39, 0.29) is 0 Å². The maximum absolute atomic E-state index is 11.1. The van der Waals surface area contributed by atoms with Crippen molar-refractivity contribution in [2.24, 2.45) is 0 Å². The van der Waals surface area contributed by atoms with E-state index in [0.29, 0.717) is 0 Å². The first-order valence-corrected chi connectivity index (χ1v) is 14.1. The summed E-state index contributed by atoms with van der Waals surface area (Å²) in [5, 5.41) is 143. The fourth-order valence-corrected chi connectivity index (χ4v) is 5.43. The summed E-state index contributed by atoms with van der Waals surface area (Å²) in [6, 6.07) is 0. The normalized spacial score (nSPS) is 52.9. The average molecular weight is 667 g/mol. The molecule has 4 rings (SSSR count). The summed E-state index contributed by atoms with van der Waals surface area (Å²) in [6.45, 7) is -3.19. The minimum atomic E-state index is -2.07. The molecule has 0 aromatic carbocycles. The van der Waals surface area contributed by atoms with Gasteiger partial charge in [0.05, 0.1) is 26.4 Å². The first kappa shape index (κ1) is 37.0. The molecule has 45 heavy (non-hydrogen) atoms. The van der Waals surface area contributed by atoms with E-state index in [9.17, 15) is 71.5 Å². The van der Waals surface area contributed by atoms with Crippen molar-refractivity contribution < 1.29 is 105 Å². The highest BCUT2D eigenvalue weighted by Crippen LogP contribution is 2.33. The highest BCUT2D eigenvalue weighted by atomic mass is 16.8. The van der Waals surface area contributed by atoms with Crippen molar-refractivity contribution in [3.63, 3.8) is 0 Å². The van der Waals surface area contributed by atoms with Crippen LogP contribution in [0.15, 0.2) is 0 Å². The van der Waals surface area contributed by atoms with Crippen molar-refractivity contribution in [1.29, 1.82) is 0 Å². The van der Waals surface area contributed by atoms with Gasteiger partial charge in [-0.05, 0) is 0 Å². The molecule has 0 amide bonds. The van der Waals surface area contributed by atoms with Gasteiger partial charge in [0.15, 0.2) is 25.2 Å². The molecule has 0 bridgehead atoms. The lowest BCUT2D eigenvalue weighted by molar-refractivity contribution is -0.383. The average Bonchev–Trinajstić information content (AvgIpc) is 3.02. The van der Waals surface area contributed by atoms with Gasteiger partial charge in [-0.2, -0.15) is 0 Å². The quantitative estimate of drug-likeness (QED) is 0.103. The van der Waals surface area contributed by atoms with Gasteiger partial charge >= 0.3 is 0 Å². The van der Waals surface area contributed by atoms with Crippen LogP contribution in [0.5, 0.6) is 0 Å². The van der Waals surface area contributed by atoms with Crippen LogP contribution in [0.25, 0.3) is 0 Å². The molecule has 14 N–H and O–H groups in total. The van der Waals surface area contributed by atoms with Crippen molar-refractivity contribution >= 4 is 0 Å². The van der Waals surface area contributed by atoms with E-state index in [4.69, 9.17) is 33.2 Å². The molecular weight excluding hydrogens is 624 g/mol. The molecule has 4 fully saturated rings. The van der Waals surface area contributed by atoms with Gasteiger partial charge in [0.2, 0.25) is 0 Å². The van der Waals surface area contributed by atoms with Crippen molar-refractivity contribution in [2.45, 2.75) is 123 Å². The molecule has 20 atom stereocenters. The zero-order valence-electron chi connectivity index (χ0n) is 23.5. The second-order valence-corrected chi connectivity index (χ2v) is 11.2. The molecule has 21 heteroatoms. The summed E-state index contributed by atoms with van der Waals surface area (Å²) in [7, 11) is 0. The lowest BCUT2D eigenvalue weighted by atomic mass is 9.96. The van der Waals surface area contributed by atoms with Crippen LogP contribution in [0, 0.1) is 0 Å². The number of hydrogen-bond acceptors (Lipinski definition) is 21. The third kappa shape index (κ3) is 7.59. The molecule has 4 heterocycles. The fourth-order valence-electron chi connectivity index (χ4n) is 5.43. The summed E-state index contributed by atoms with van der Waals surface area (Å²) in [6.07, 6.45) is -35.9. The van der Waals surface area contributed by atoms with E-state index in [1.165, 1.54) is 0 Å². The molecule has 4 aliphatic heterocycles. The van der Waals surface area contributed by atoms with Crippen molar-refractivity contribution in [3.05, 3.63) is 0 Å². The molecule has 1 unspecified atom stereocenters. The number of aliphatic hydroxyl groups excluding tert-OH is 14. The summed E-state index contributed by atoms with van der Waals surface area (Å²) in [5.74, 6) is 0. The third-order valence-electron chi connectivity index (χ3n) is 8.19. The van der Waals surface area contributed by atoms with Crippen LogP contribution in [0.2, 0.25) is 0 Å². The number of hydrogen-bond donors (Lipinski definition) is 14. The van der Waals surface area contributed by atoms with Crippen molar-refractivity contribution in [3.8, 4) is 0 Å². The lowest BCUT2D eigenvalue weighted by Crippen LogP contribution is -2.67. The van der Waals surface area contributed by atoms with Crippen LogP contribution in [0.1, 0.15) is 0 Å². The highest BCUT2D eigenvalue weighted by Gasteiger charge is 2.54.